The molecule has 23 heavy (non-hydrogen) atoms. The summed E-state index contributed by atoms with van der Waals surface area (Å²) in [5.41, 5.74) is 0. The Hall–Kier alpha value is -0.970. The van der Waals surface area contributed by atoms with Crippen LogP contribution in [0.25, 0.3) is 0 Å². The maximum atomic E-state index is 10.9. The van der Waals surface area contributed by atoms with Crippen molar-refractivity contribution in [2.45, 2.75) is 36.8 Å². The first-order valence-corrected chi connectivity index (χ1v) is 8.17. The van der Waals surface area contributed by atoms with E-state index in [4.69, 9.17) is 29.9 Å². The summed E-state index contributed by atoms with van der Waals surface area (Å²) in [5, 5.41) is 29.2. The van der Waals surface area contributed by atoms with Crippen molar-refractivity contribution in [2.75, 3.05) is 26.1 Å². The highest BCUT2D eigenvalue weighted by Gasteiger charge is 2.45. The minimum atomic E-state index is -4.47. The van der Waals surface area contributed by atoms with Gasteiger partial charge < -0.3 is 34.3 Å². The van der Waals surface area contributed by atoms with E-state index in [-0.39, 0.29) is 13.2 Å². The molecule has 0 amide bonds. The van der Waals surface area contributed by atoms with E-state index in [0.717, 1.165) is 0 Å². The molecule has 1 aliphatic heterocycles. The highest BCUT2D eigenvalue weighted by molar-refractivity contribution is 7.85. The molecule has 0 saturated carbocycles. The summed E-state index contributed by atoms with van der Waals surface area (Å²) in [6.45, 7) is -0.117. The van der Waals surface area contributed by atoms with Crippen molar-refractivity contribution in [3.63, 3.8) is 0 Å². The molecule has 0 radical (unpaired) electrons. The molecule has 10 nitrogen and oxygen atoms in total. The van der Waals surface area contributed by atoms with Crippen LogP contribution < -0.4 is 0 Å². The van der Waals surface area contributed by atoms with Crippen LogP contribution in [-0.2, 0) is 29.1 Å². The first-order valence-electron chi connectivity index (χ1n) is 6.56. The average molecular weight is 356 g/mol. The van der Waals surface area contributed by atoms with Gasteiger partial charge >= 0.3 is 0 Å². The molecule has 4 N–H and O–H groups in total. The molecule has 1 rings (SSSR count). The van der Waals surface area contributed by atoms with Crippen molar-refractivity contribution in [1.29, 1.82) is 0 Å². The Morgan fingerprint density at radius 3 is 2.39 bits per heavy atom. The molecule has 0 spiro atoms. The molecule has 0 aliphatic carbocycles. The van der Waals surface area contributed by atoms with Crippen molar-refractivity contribution in [3.8, 4) is 12.5 Å². The molecule has 1 saturated heterocycles. The van der Waals surface area contributed by atoms with Gasteiger partial charge in [0.15, 0.2) is 12.4 Å². The van der Waals surface area contributed by atoms with Gasteiger partial charge in [0.1, 0.15) is 36.3 Å². The lowest BCUT2D eigenvalue weighted by atomic mass is 10.00. The smallest absolute Gasteiger partial charge is 0.267 e. The van der Waals surface area contributed by atoms with Gasteiger partial charge in [-0.2, -0.15) is 8.42 Å². The molecule has 0 aromatic rings. The van der Waals surface area contributed by atoms with Gasteiger partial charge in [0.05, 0.1) is 13.2 Å². The Morgan fingerprint density at radius 2 is 1.87 bits per heavy atom. The lowest BCUT2D eigenvalue weighted by Gasteiger charge is -2.40. The molecular weight excluding hydrogens is 336 g/mol. The molecule has 1 heterocycles. The first-order chi connectivity index (χ1) is 10.7. The SMILES string of the molecule is C#COC(COC)COC1OC(CS(=O)(=O)O)[C@@H](O)C(O)C1O. The zero-order chi connectivity index (χ0) is 17.6. The van der Waals surface area contributed by atoms with E-state index in [0.29, 0.717) is 0 Å². The Morgan fingerprint density at radius 1 is 1.22 bits per heavy atom. The van der Waals surface area contributed by atoms with Crippen LogP contribution in [0.2, 0.25) is 0 Å². The summed E-state index contributed by atoms with van der Waals surface area (Å²) in [7, 11) is -3.07. The van der Waals surface area contributed by atoms with Gasteiger partial charge in [0.25, 0.3) is 10.1 Å². The molecule has 11 heteroatoms. The van der Waals surface area contributed by atoms with Gasteiger partial charge in [0.2, 0.25) is 0 Å². The Balaban J connectivity index is 2.71. The Labute approximate surface area is 133 Å². The molecule has 134 valence electrons. The maximum absolute atomic E-state index is 10.9. The van der Waals surface area contributed by atoms with Crippen molar-refractivity contribution >= 4 is 10.1 Å². The van der Waals surface area contributed by atoms with Gasteiger partial charge in [0, 0.05) is 7.11 Å². The number of aliphatic hydroxyl groups is 3. The number of aliphatic hydroxyl groups excluding tert-OH is 3. The van der Waals surface area contributed by atoms with Crippen molar-refractivity contribution in [3.05, 3.63) is 0 Å². The minimum Gasteiger partial charge on any atom is -0.439 e. The number of methoxy groups -OCH3 is 1. The van der Waals surface area contributed by atoms with Crippen LogP contribution in [0.1, 0.15) is 0 Å². The molecular formula is C12H20O10S. The number of rotatable bonds is 8. The third kappa shape index (κ3) is 6.21. The third-order valence-electron chi connectivity index (χ3n) is 3.08. The lowest BCUT2D eigenvalue weighted by Crippen LogP contribution is -2.60. The van der Waals surface area contributed by atoms with E-state index in [9.17, 15) is 23.7 Å². The van der Waals surface area contributed by atoms with Crippen LogP contribution in [0.5, 0.6) is 0 Å². The standard InChI is InChI=1S/C12H20O10S/c1-3-20-7(4-19-2)5-21-12-11(15)10(14)9(13)8(22-12)6-23(16,17)18/h1,7-15H,4-6H2,2H3,(H,16,17,18)/t7?,8?,9-,10?,11?,12?/m1/s1. The van der Waals surface area contributed by atoms with Crippen molar-refractivity contribution < 1.29 is 47.2 Å². The van der Waals surface area contributed by atoms with Crippen LogP contribution in [-0.4, -0.2) is 91.2 Å². The van der Waals surface area contributed by atoms with Crippen LogP contribution in [0.3, 0.4) is 0 Å². The largest absolute Gasteiger partial charge is 0.439 e. The second-order valence-electron chi connectivity index (χ2n) is 4.91. The summed E-state index contributed by atoms with van der Waals surface area (Å²) < 4.78 is 50.6. The summed E-state index contributed by atoms with van der Waals surface area (Å²) in [4.78, 5) is 0. The van der Waals surface area contributed by atoms with E-state index < -0.39 is 52.7 Å². The fraction of sp³-hybridized carbons (Fsp3) is 0.833. The topological polar surface area (TPSA) is 152 Å². The third-order valence-corrected chi connectivity index (χ3v) is 3.83. The molecule has 0 aromatic heterocycles. The highest BCUT2D eigenvalue weighted by Crippen LogP contribution is 2.23. The van der Waals surface area contributed by atoms with Crippen LogP contribution in [0, 0.1) is 12.5 Å². The van der Waals surface area contributed by atoms with Gasteiger partial charge in [-0.1, -0.05) is 6.42 Å². The normalized spacial score (nSPS) is 33.0. The minimum absolute atomic E-state index is 0.0760. The summed E-state index contributed by atoms with van der Waals surface area (Å²) in [6, 6.07) is 0. The van der Waals surface area contributed by atoms with Crippen LogP contribution in [0.15, 0.2) is 0 Å². The molecule has 6 atom stereocenters. The second kappa shape index (κ2) is 8.76. The van der Waals surface area contributed by atoms with E-state index >= 15 is 0 Å². The number of hydrogen-bond acceptors (Lipinski definition) is 9. The molecule has 0 bridgehead atoms. The molecule has 0 aromatic carbocycles. The predicted octanol–water partition coefficient (Wildman–Crippen LogP) is -2.68. The van der Waals surface area contributed by atoms with Gasteiger partial charge in [-0.3, -0.25) is 4.55 Å². The molecule has 1 aliphatic rings. The van der Waals surface area contributed by atoms with E-state index in [1.165, 1.54) is 7.11 Å². The Kier molecular flexibility index (Phi) is 7.65. The molecule has 1 fully saturated rings. The van der Waals surface area contributed by atoms with Crippen LogP contribution in [0.4, 0.5) is 0 Å². The average Bonchev–Trinajstić information content (AvgIpc) is 2.45. The van der Waals surface area contributed by atoms with E-state index in [1.54, 1.807) is 0 Å². The highest BCUT2D eigenvalue weighted by atomic mass is 32.2. The Bertz CT molecular complexity index is 500. The van der Waals surface area contributed by atoms with E-state index in [2.05, 4.69) is 0 Å². The fourth-order valence-electron chi connectivity index (χ4n) is 2.00. The van der Waals surface area contributed by atoms with Gasteiger partial charge in [-0.15, -0.1) is 0 Å². The number of terminal acetylenes is 1. The summed E-state index contributed by atoms with van der Waals surface area (Å²) in [6.07, 6.45) is -1.78. The zero-order valence-electron chi connectivity index (χ0n) is 12.3. The number of hydrogen-bond donors (Lipinski definition) is 4. The van der Waals surface area contributed by atoms with Crippen molar-refractivity contribution in [2.24, 2.45) is 0 Å². The summed E-state index contributed by atoms with van der Waals surface area (Å²) in [5.74, 6) is -0.972. The zero-order valence-corrected chi connectivity index (χ0v) is 13.1. The summed E-state index contributed by atoms with van der Waals surface area (Å²) >= 11 is 0. The maximum Gasteiger partial charge on any atom is 0.267 e. The van der Waals surface area contributed by atoms with Gasteiger partial charge in [-0.05, 0) is 0 Å². The second-order valence-corrected chi connectivity index (χ2v) is 6.41. The molecule has 5 unspecified atom stereocenters. The van der Waals surface area contributed by atoms with Crippen LogP contribution >= 0.6 is 0 Å². The lowest BCUT2D eigenvalue weighted by molar-refractivity contribution is -0.296. The monoisotopic (exact) mass is 356 g/mol. The van der Waals surface area contributed by atoms with Gasteiger partial charge in [-0.25, -0.2) is 0 Å². The van der Waals surface area contributed by atoms with E-state index in [1.807, 2.05) is 6.11 Å². The predicted molar refractivity (Wildman–Crippen MR) is 74.6 cm³/mol. The quantitative estimate of drug-likeness (QED) is 0.267. The van der Waals surface area contributed by atoms with Crippen molar-refractivity contribution in [1.82, 2.24) is 0 Å². The number of ether oxygens (including phenoxy) is 4. The fourth-order valence-corrected chi connectivity index (χ4v) is 2.69. The first kappa shape index (κ1) is 20.1.